The number of amides is 1. The highest BCUT2D eigenvalue weighted by Crippen LogP contribution is 2.23. The minimum atomic E-state index is -0.456. The summed E-state index contributed by atoms with van der Waals surface area (Å²) in [6.45, 7) is 5.90. The zero-order valence-electron chi connectivity index (χ0n) is 16.7. The first kappa shape index (κ1) is 24.3. The van der Waals surface area contributed by atoms with Gasteiger partial charge in [0.2, 0.25) is 0 Å². The minimum Gasteiger partial charge on any atom is -0.507 e. The van der Waals surface area contributed by atoms with Gasteiger partial charge >= 0.3 is 0 Å². The van der Waals surface area contributed by atoms with Crippen molar-refractivity contribution in [2.45, 2.75) is 19.0 Å². The van der Waals surface area contributed by atoms with Gasteiger partial charge in [-0.1, -0.05) is 18.8 Å². The van der Waals surface area contributed by atoms with Crippen LogP contribution < -0.4 is 36.4 Å². The van der Waals surface area contributed by atoms with Crippen molar-refractivity contribution in [2.75, 3.05) is 13.2 Å². The average Bonchev–Trinajstić information content (AvgIpc) is 2.73. The maximum atomic E-state index is 12.7. The number of hydrogen-bond donors (Lipinski definition) is 8. The highest BCUT2D eigenvalue weighted by atomic mass is 32.2. The molecule has 0 radical (unpaired) electrons. The molecule has 2 rings (SSSR count). The van der Waals surface area contributed by atoms with Crippen LogP contribution in [0.15, 0.2) is 41.9 Å². The van der Waals surface area contributed by atoms with Crippen molar-refractivity contribution in [3.05, 3.63) is 47.4 Å². The second-order valence-corrected chi connectivity index (χ2v) is 7.10. The third-order valence-corrected chi connectivity index (χ3v) is 4.82. The number of carbonyl (C=O) groups excluding carboxylic acids is 1. The number of ether oxygens (including phenoxy) is 1. The highest BCUT2D eigenvalue weighted by Gasteiger charge is 2.32. The number of rotatable bonds is 12. The van der Waals surface area contributed by atoms with Crippen LogP contribution in [0.4, 0.5) is 0 Å². The quantitative estimate of drug-likeness (QED) is 0.0391. The molecule has 31 heavy (non-hydrogen) atoms. The molecule has 1 aliphatic heterocycles. The Kier molecular flexibility index (Phi) is 8.93. The maximum Gasteiger partial charge on any atom is 0.272 e. The molecule has 10 N–H and O–H groups in total. The van der Waals surface area contributed by atoms with Crippen LogP contribution in [0.2, 0.25) is 0 Å². The van der Waals surface area contributed by atoms with Crippen LogP contribution in [-0.2, 0) is 9.63 Å². The first-order chi connectivity index (χ1) is 14.8. The van der Waals surface area contributed by atoms with E-state index < -0.39 is 5.91 Å². The molecule has 1 aromatic rings. The number of phenolic OH excluding ortho intramolecular Hbond substituents is 1. The Morgan fingerprint density at radius 2 is 2.23 bits per heavy atom. The van der Waals surface area contributed by atoms with E-state index in [-0.39, 0.29) is 53.8 Å². The van der Waals surface area contributed by atoms with Crippen molar-refractivity contribution in [3.8, 4) is 11.5 Å². The molecule has 0 unspecified atom stereocenters. The van der Waals surface area contributed by atoms with Crippen LogP contribution >= 0.6 is 24.4 Å². The summed E-state index contributed by atoms with van der Waals surface area (Å²) < 4.78 is 8.20. The molecule has 0 aliphatic carbocycles. The predicted octanol–water partition coefficient (Wildman–Crippen LogP) is -0.111. The molecule has 0 bridgehead atoms. The van der Waals surface area contributed by atoms with Crippen molar-refractivity contribution in [3.63, 3.8) is 0 Å². The van der Waals surface area contributed by atoms with Gasteiger partial charge in [-0.05, 0) is 19.1 Å². The first-order valence-corrected chi connectivity index (χ1v) is 10.4. The first-order valence-electron chi connectivity index (χ1n) is 9.03. The summed E-state index contributed by atoms with van der Waals surface area (Å²) in [5.74, 6) is -0.500. The smallest absolute Gasteiger partial charge is 0.272 e. The number of hydrogen-bond acceptors (Lipinski definition) is 11. The van der Waals surface area contributed by atoms with E-state index in [0.29, 0.717) is 11.4 Å². The number of nitrogens with one attached hydrogen (secondary N) is 5. The predicted molar refractivity (Wildman–Crippen MR) is 123 cm³/mol. The molecule has 0 spiro atoms. The van der Waals surface area contributed by atoms with E-state index in [9.17, 15) is 9.90 Å². The van der Waals surface area contributed by atoms with Crippen molar-refractivity contribution in [2.24, 2.45) is 10.9 Å². The van der Waals surface area contributed by atoms with Gasteiger partial charge in [0.05, 0.1) is 17.3 Å². The lowest BCUT2D eigenvalue weighted by Crippen LogP contribution is -2.61. The third-order valence-electron chi connectivity index (χ3n) is 4.25. The molecule has 1 saturated heterocycles. The van der Waals surface area contributed by atoms with E-state index in [1.165, 1.54) is 17.5 Å². The molecule has 1 amide bonds. The van der Waals surface area contributed by atoms with E-state index in [4.69, 9.17) is 38.1 Å². The number of nitrogens with two attached hydrogens (primary N) is 2. The summed E-state index contributed by atoms with van der Waals surface area (Å²) in [6.07, 6.45) is 0. The normalized spacial score (nSPS) is 18.1. The van der Waals surface area contributed by atoms with Gasteiger partial charge in [0, 0.05) is 35.3 Å². The highest BCUT2D eigenvalue weighted by molar-refractivity contribution is 7.95. The van der Waals surface area contributed by atoms with E-state index in [1.807, 2.05) is 6.92 Å². The number of nitrogen functional groups attached to an aromatic ring is 1. The standard InChI is InChI=1S/C18H25N7O4S2/c1-9-15(10(2)22-9)23-18(27)16(13(8-30)25-31-21)24-29-6-5-28-11-3-4-12(17(19)20)14(26)7-11/h3-4,7-8,10,15,22,24-26H,1,5-6,21H2,2H3,(H3,19,20)(H,23,27)/b16-13-/t10-,15+/m0/s1. The molecule has 1 heterocycles. The molecule has 11 nitrogen and oxygen atoms in total. The fourth-order valence-corrected chi connectivity index (χ4v) is 3.21. The molecule has 0 saturated carbocycles. The average molecular weight is 468 g/mol. The zero-order valence-corrected chi connectivity index (χ0v) is 18.4. The molecule has 13 heteroatoms. The Labute approximate surface area is 189 Å². The van der Waals surface area contributed by atoms with E-state index in [1.54, 1.807) is 6.07 Å². The lowest BCUT2D eigenvalue weighted by molar-refractivity contribution is -0.120. The number of carbonyl (C=O) groups is 1. The van der Waals surface area contributed by atoms with Crippen LogP contribution in [-0.4, -0.2) is 47.5 Å². The summed E-state index contributed by atoms with van der Waals surface area (Å²) in [6, 6.07) is 4.20. The summed E-state index contributed by atoms with van der Waals surface area (Å²) in [5.41, 5.74) is 9.15. The fourth-order valence-electron chi connectivity index (χ4n) is 2.67. The van der Waals surface area contributed by atoms with Gasteiger partial charge in [-0.3, -0.25) is 25.7 Å². The van der Waals surface area contributed by atoms with Gasteiger partial charge in [-0.15, -0.1) is 0 Å². The SMILES string of the molecule is C=C1N[C@@H](C)[C@@H]1NC(=O)/C(NOCCOc1ccc(C(=N)N)c(O)c1)=C(\C=S)NSN. The number of aromatic hydroxyl groups is 1. The largest absolute Gasteiger partial charge is 0.507 e. The second kappa shape index (κ2) is 11.4. The Morgan fingerprint density at radius 1 is 1.48 bits per heavy atom. The maximum absolute atomic E-state index is 12.7. The molecule has 1 fully saturated rings. The lowest BCUT2D eigenvalue weighted by Gasteiger charge is -2.39. The van der Waals surface area contributed by atoms with Crippen molar-refractivity contribution >= 4 is 41.5 Å². The molecular weight excluding hydrogens is 442 g/mol. The Bertz CT molecular complexity index is 894. The van der Waals surface area contributed by atoms with Gasteiger partial charge in [0.1, 0.15) is 30.5 Å². The van der Waals surface area contributed by atoms with Crippen LogP contribution in [0.25, 0.3) is 0 Å². The summed E-state index contributed by atoms with van der Waals surface area (Å²) in [5, 5.41) is 29.8. The summed E-state index contributed by atoms with van der Waals surface area (Å²) >= 11 is 5.73. The zero-order chi connectivity index (χ0) is 23.0. The van der Waals surface area contributed by atoms with Gasteiger partial charge in [-0.2, -0.15) is 0 Å². The van der Waals surface area contributed by atoms with Crippen LogP contribution in [0.1, 0.15) is 12.5 Å². The van der Waals surface area contributed by atoms with E-state index >= 15 is 0 Å². The molecule has 1 aromatic carbocycles. The number of benzene rings is 1. The lowest BCUT2D eigenvalue weighted by atomic mass is 9.98. The fraction of sp³-hybridized carbons (Fsp3) is 0.278. The van der Waals surface area contributed by atoms with Crippen LogP contribution in [0.3, 0.4) is 0 Å². The number of amidine groups is 1. The van der Waals surface area contributed by atoms with Crippen molar-refractivity contribution < 1.29 is 19.5 Å². The van der Waals surface area contributed by atoms with Crippen LogP contribution in [0.5, 0.6) is 11.5 Å². The van der Waals surface area contributed by atoms with Gasteiger partial charge < -0.3 is 30.9 Å². The summed E-state index contributed by atoms with van der Waals surface area (Å²) in [7, 11) is 0. The van der Waals surface area contributed by atoms with Gasteiger partial charge in [-0.25, -0.2) is 0 Å². The summed E-state index contributed by atoms with van der Waals surface area (Å²) in [4.78, 5) is 18.0. The number of phenols is 1. The molecule has 2 atom stereocenters. The van der Waals surface area contributed by atoms with E-state index in [0.717, 1.165) is 12.1 Å². The monoisotopic (exact) mass is 467 g/mol. The van der Waals surface area contributed by atoms with Crippen molar-refractivity contribution in [1.82, 2.24) is 20.8 Å². The minimum absolute atomic E-state index is 0.0447. The molecule has 0 aromatic heterocycles. The Balaban J connectivity index is 1.92. The number of thiocarbonyl (C=S) groups is 1. The molecular formula is C18H25N7O4S2. The van der Waals surface area contributed by atoms with Gasteiger partial charge in [0.25, 0.3) is 5.91 Å². The number of allylic oxidation sites excluding steroid dienone is 1. The molecule has 1 aliphatic rings. The topological polar surface area (TPSA) is 180 Å². The Morgan fingerprint density at radius 3 is 2.77 bits per heavy atom. The number of hydroxylamine groups is 1. The van der Waals surface area contributed by atoms with Crippen LogP contribution in [0, 0.1) is 5.41 Å². The van der Waals surface area contributed by atoms with E-state index in [2.05, 4.69) is 27.4 Å². The second-order valence-electron chi connectivity index (χ2n) is 6.43. The van der Waals surface area contributed by atoms with Gasteiger partial charge in [0.15, 0.2) is 5.70 Å². The Hall–Kier alpha value is -3.00. The van der Waals surface area contributed by atoms with Crippen molar-refractivity contribution in [1.29, 1.82) is 5.41 Å². The third kappa shape index (κ3) is 6.49. The molecule has 168 valence electrons.